The van der Waals surface area contributed by atoms with E-state index in [0.29, 0.717) is 13.2 Å². The lowest BCUT2D eigenvalue weighted by Gasteiger charge is -2.15. The quantitative estimate of drug-likeness (QED) is 0.234. The van der Waals surface area contributed by atoms with Gasteiger partial charge in [-0.1, -0.05) is 54.6 Å². The Hall–Kier alpha value is -1.64. The van der Waals surface area contributed by atoms with E-state index >= 15 is 0 Å². The van der Waals surface area contributed by atoms with Gasteiger partial charge in [0.2, 0.25) is 0 Å². The third kappa shape index (κ3) is 8.72. The van der Waals surface area contributed by atoms with E-state index in [0.717, 1.165) is 25.6 Å². The van der Waals surface area contributed by atoms with E-state index in [-0.39, 0.29) is 24.0 Å². The summed E-state index contributed by atoms with van der Waals surface area (Å²) in [6, 6.07) is 19.1. The summed E-state index contributed by atoms with van der Waals surface area (Å²) in [4.78, 5) is 6.80. The van der Waals surface area contributed by atoms with Gasteiger partial charge in [0.1, 0.15) is 0 Å². The van der Waals surface area contributed by atoms with Crippen LogP contribution in [0.4, 0.5) is 0 Å². The minimum Gasteiger partial charge on any atom is -0.375 e. The molecule has 0 unspecified atom stereocenters. The maximum Gasteiger partial charge on any atom is 0.191 e. The molecule has 3 rings (SSSR count). The first kappa shape index (κ1) is 23.6. The molecule has 0 radical (unpaired) electrons. The van der Waals surface area contributed by atoms with Crippen LogP contribution in [0.3, 0.4) is 0 Å². The van der Waals surface area contributed by atoms with Crippen molar-refractivity contribution in [1.29, 1.82) is 0 Å². The van der Waals surface area contributed by atoms with Gasteiger partial charge >= 0.3 is 0 Å². The average molecular weight is 508 g/mol. The Labute approximate surface area is 192 Å². The zero-order valence-corrected chi connectivity index (χ0v) is 19.6. The first-order valence-electron chi connectivity index (χ1n) is 10.2. The number of hydrogen-bond acceptors (Lipinski definition) is 3. The Kier molecular flexibility index (Phi) is 11.1. The Bertz CT molecular complexity index is 715. The molecule has 1 aliphatic rings. The molecule has 1 fully saturated rings. The molecule has 158 valence electrons. The van der Waals surface area contributed by atoms with Gasteiger partial charge in [0, 0.05) is 26.7 Å². The van der Waals surface area contributed by atoms with Crippen molar-refractivity contribution in [2.75, 3.05) is 33.3 Å². The van der Waals surface area contributed by atoms with E-state index in [9.17, 15) is 0 Å². The summed E-state index contributed by atoms with van der Waals surface area (Å²) in [5, 5.41) is 6.65. The van der Waals surface area contributed by atoms with Gasteiger partial charge in [-0.05, 0) is 42.6 Å². The van der Waals surface area contributed by atoms with E-state index in [1.165, 1.54) is 42.6 Å². The molecule has 2 N–H and O–H groups in total. The predicted molar refractivity (Wildman–Crippen MR) is 131 cm³/mol. The van der Waals surface area contributed by atoms with Gasteiger partial charge in [0.15, 0.2) is 5.96 Å². The molecule has 29 heavy (non-hydrogen) atoms. The fourth-order valence-electron chi connectivity index (χ4n) is 3.37. The lowest BCUT2D eigenvalue weighted by atomic mass is 10.1. The van der Waals surface area contributed by atoms with Crippen LogP contribution in [-0.2, 0) is 24.4 Å². The van der Waals surface area contributed by atoms with E-state index in [4.69, 9.17) is 4.74 Å². The second-order valence-corrected chi connectivity index (χ2v) is 7.19. The van der Waals surface area contributed by atoms with E-state index in [1.807, 2.05) is 18.2 Å². The summed E-state index contributed by atoms with van der Waals surface area (Å²) in [5.41, 5.74) is 3.84. The zero-order chi connectivity index (χ0) is 19.4. The van der Waals surface area contributed by atoms with Crippen molar-refractivity contribution in [3.05, 3.63) is 71.3 Å². The standard InChI is InChI=1S/C23H32N4O.HI/c1-24-23(25-13-16-28-19-22-7-3-2-4-8-22)26-17-20-9-11-21(12-10-20)18-27-14-5-6-15-27;/h2-4,7-12H,5-6,13-19H2,1H3,(H2,24,25,26);1H. The average Bonchev–Trinajstić information content (AvgIpc) is 3.25. The highest BCUT2D eigenvalue weighted by molar-refractivity contribution is 14.0. The number of ether oxygens (including phenoxy) is 1. The van der Waals surface area contributed by atoms with Crippen molar-refractivity contribution in [3.63, 3.8) is 0 Å². The molecule has 6 heteroatoms. The number of guanidine groups is 1. The van der Waals surface area contributed by atoms with Crippen molar-refractivity contribution >= 4 is 29.9 Å². The van der Waals surface area contributed by atoms with Crippen LogP contribution in [0.25, 0.3) is 0 Å². The van der Waals surface area contributed by atoms with Gasteiger partial charge in [-0.3, -0.25) is 9.89 Å². The summed E-state index contributed by atoms with van der Waals surface area (Å²) >= 11 is 0. The fraction of sp³-hybridized carbons (Fsp3) is 0.435. The van der Waals surface area contributed by atoms with E-state index in [2.05, 4.69) is 56.9 Å². The van der Waals surface area contributed by atoms with Gasteiger partial charge in [0.05, 0.1) is 13.2 Å². The van der Waals surface area contributed by atoms with Crippen LogP contribution in [-0.4, -0.2) is 44.1 Å². The molecule has 0 spiro atoms. The molecular weight excluding hydrogens is 475 g/mol. The van der Waals surface area contributed by atoms with E-state index in [1.54, 1.807) is 7.05 Å². The number of benzene rings is 2. The number of rotatable bonds is 9. The molecule has 0 amide bonds. The maximum absolute atomic E-state index is 5.70. The van der Waals surface area contributed by atoms with Crippen LogP contribution < -0.4 is 10.6 Å². The number of hydrogen-bond donors (Lipinski definition) is 2. The summed E-state index contributed by atoms with van der Waals surface area (Å²) < 4.78 is 5.70. The highest BCUT2D eigenvalue weighted by Crippen LogP contribution is 2.13. The Balaban J connectivity index is 0.00000300. The molecule has 0 aromatic heterocycles. The van der Waals surface area contributed by atoms with Gasteiger partial charge < -0.3 is 15.4 Å². The topological polar surface area (TPSA) is 48.9 Å². The number of aliphatic imine (C=N–C) groups is 1. The highest BCUT2D eigenvalue weighted by Gasteiger charge is 2.11. The minimum atomic E-state index is 0. The van der Waals surface area contributed by atoms with Gasteiger partial charge in [-0.25, -0.2) is 0 Å². The third-order valence-corrected chi connectivity index (χ3v) is 4.96. The SMILES string of the molecule is CN=C(NCCOCc1ccccc1)NCc1ccc(CN2CCCC2)cc1.I. The van der Waals surface area contributed by atoms with Crippen LogP contribution in [0.5, 0.6) is 0 Å². The van der Waals surface area contributed by atoms with Gasteiger partial charge in [-0.15, -0.1) is 24.0 Å². The second kappa shape index (κ2) is 13.6. The summed E-state index contributed by atoms with van der Waals surface area (Å²) in [7, 11) is 1.79. The minimum absolute atomic E-state index is 0. The molecule has 2 aromatic carbocycles. The normalized spacial score (nSPS) is 14.4. The summed E-state index contributed by atoms with van der Waals surface area (Å²) in [5.74, 6) is 0.796. The van der Waals surface area contributed by atoms with Crippen LogP contribution in [0, 0.1) is 0 Å². The second-order valence-electron chi connectivity index (χ2n) is 7.19. The predicted octanol–water partition coefficient (Wildman–Crippen LogP) is 3.78. The molecule has 2 aromatic rings. The first-order chi connectivity index (χ1) is 13.8. The van der Waals surface area contributed by atoms with E-state index < -0.39 is 0 Å². The molecular formula is C23H33IN4O. The Morgan fingerprint density at radius 1 is 0.931 bits per heavy atom. The fourth-order valence-corrected chi connectivity index (χ4v) is 3.37. The summed E-state index contributed by atoms with van der Waals surface area (Å²) in [6.45, 7) is 6.30. The van der Waals surface area contributed by atoms with Crippen LogP contribution in [0.15, 0.2) is 59.6 Å². The molecule has 0 bridgehead atoms. The van der Waals surface area contributed by atoms with Crippen molar-refractivity contribution in [1.82, 2.24) is 15.5 Å². The van der Waals surface area contributed by atoms with Crippen LogP contribution >= 0.6 is 24.0 Å². The monoisotopic (exact) mass is 508 g/mol. The van der Waals surface area contributed by atoms with Gasteiger partial charge in [0.25, 0.3) is 0 Å². The third-order valence-electron chi connectivity index (χ3n) is 4.96. The van der Waals surface area contributed by atoms with Gasteiger partial charge in [-0.2, -0.15) is 0 Å². The van der Waals surface area contributed by atoms with Crippen LogP contribution in [0.1, 0.15) is 29.5 Å². The van der Waals surface area contributed by atoms with Crippen LogP contribution in [0.2, 0.25) is 0 Å². The highest BCUT2D eigenvalue weighted by atomic mass is 127. The van der Waals surface area contributed by atoms with Crippen molar-refractivity contribution in [3.8, 4) is 0 Å². The molecule has 1 aliphatic heterocycles. The molecule has 1 heterocycles. The number of nitrogens with zero attached hydrogens (tertiary/aromatic N) is 2. The molecule has 0 aliphatic carbocycles. The smallest absolute Gasteiger partial charge is 0.191 e. The lowest BCUT2D eigenvalue weighted by Crippen LogP contribution is -2.38. The molecule has 1 saturated heterocycles. The zero-order valence-electron chi connectivity index (χ0n) is 17.3. The molecule has 5 nitrogen and oxygen atoms in total. The molecule has 0 atom stereocenters. The molecule has 0 saturated carbocycles. The number of halogens is 1. The van der Waals surface area contributed by atoms with Crippen molar-refractivity contribution in [2.45, 2.75) is 32.5 Å². The maximum atomic E-state index is 5.70. The van der Waals surface area contributed by atoms with Crippen molar-refractivity contribution < 1.29 is 4.74 Å². The largest absolute Gasteiger partial charge is 0.375 e. The first-order valence-corrected chi connectivity index (χ1v) is 10.2. The number of likely N-dealkylation sites (tertiary alicyclic amines) is 1. The summed E-state index contributed by atoms with van der Waals surface area (Å²) in [6.07, 6.45) is 2.68. The Morgan fingerprint density at radius 3 is 2.31 bits per heavy atom. The lowest BCUT2D eigenvalue weighted by molar-refractivity contribution is 0.125. The Morgan fingerprint density at radius 2 is 1.62 bits per heavy atom. The number of nitrogens with one attached hydrogen (secondary N) is 2. The van der Waals surface area contributed by atoms with Crippen molar-refractivity contribution in [2.24, 2.45) is 4.99 Å².